The summed E-state index contributed by atoms with van der Waals surface area (Å²) in [5.41, 5.74) is 5.37. The molecule has 2 aromatic carbocycles. The predicted molar refractivity (Wildman–Crippen MR) is 129 cm³/mol. The van der Waals surface area contributed by atoms with Crippen LogP contribution in [-0.2, 0) is 14.1 Å². The Morgan fingerprint density at radius 1 is 1.09 bits per heavy atom. The van der Waals surface area contributed by atoms with E-state index in [1.54, 1.807) is 40.9 Å². The number of H-pyrrole nitrogens is 1. The van der Waals surface area contributed by atoms with Gasteiger partial charge >= 0.3 is 0 Å². The fourth-order valence-electron chi connectivity index (χ4n) is 4.16. The Morgan fingerprint density at radius 2 is 1.91 bits per heavy atom. The molecule has 0 bridgehead atoms. The summed E-state index contributed by atoms with van der Waals surface area (Å²) < 4.78 is 3.37. The zero-order valence-corrected chi connectivity index (χ0v) is 18.8. The van der Waals surface area contributed by atoms with Crippen LogP contribution in [-0.4, -0.2) is 40.6 Å². The minimum Gasteiger partial charge on any atom is -0.324 e. The Balaban J connectivity index is 1.23. The van der Waals surface area contributed by atoms with E-state index in [9.17, 15) is 4.79 Å². The Morgan fingerprint density at radius 3 is 2.65 bits per heavy atom. The largest absolute Gasteiger partial charge is 0.324 e. The number of aromatic nitrogens is 7. The first-order valence-electron chi connectivity index (χ1n) is 11.1. The Bertz CT molecular complexity index is 1510. The van der Waals surface area contributed by atoms with Gasteiger partial charge in [0.2, 0.25) is 5.95 Å². The average molecular weight is 454 g/mol. The van der Waals surface area contributed by atoms with Crippen LogP contribution in [0, 0.1) is 0 Å². The van der Waals surface area contributed by atoms with Gasteiger partial charge < -0.3 is 10.6 Å². The number of amides is 1. The average Bonchev–Trinajstić information content (AvgIpc) is 3.22. The summed E-state index contributed by atoms with van der Waals surface area (Å²) in [7, 11) is 3.66. The molecule has 1 aliphatic carbocycles. The molecule has 1 fully saturated rings. The highest BCUT2D eigenvalue weighted by molar-refractivity contribution is 6.04. The molecule has 3 heterocycles. The lowest BCUT2D eigenvalue weighted by atomic mass is 10.0. The molecule has 1 saturated carbocycles. The van der Waals surface area contributed by atoms with E-state index < -0.39 is 0 Å². The van der Waals surface area contributed by atoms with Crippen molar-refractivity contribution in [3.63, 3.8) is 0 Å². The summed E-state index contributed by atoms with van der Waals surface area (Å²) in [5, 5.41) is 23.4. The topological polar surface area (TPSA) is 118 Å². The van der Waals surface area contributed by atoms with Gasteiger partial charge in [-0.1, -0.05) is 12.1 Å². The number of nitrogens with one attached hydrogen (secondary N) is 3. The molecule has 0 aliphatic heterocycles. The maximum atomic E-state index is 12.5. The van der Waals surface area contributed by atoms with Gasteiger partial charge in [-0.2, -0.15) is 15.2 Å². The number of aromatic amines is 1. The van der Waals surface area contributed by atoms with E-state index in [0.717, 1.165) is 22.2 Å². The molecule has 170 valence electrons. The summed E-state index contributed by atoms with van der Waals surface area (Å²) in [5.74, 6) is 1.58. The molecule has 10 heteroatoms. The lowest BCUT2D eigenvalue weighted by molar-refractivity contribution is 0.102. The lowest BCUT2D eigenvalue weighted by Crippen LogP contribution is -2.11. The zero-order chi connectivity index (χ0) is 23.2. The number of aryl methyl sites for hydroxylation is 2. The number of benzene rings is 2. The molecular formula is C24H23N9O. The number of hydrogen-bond acceptors (Lipinski definition) is 6. The van der Waals surface area contributed by atoms with Crippen LogP contribution >= 0.6 is 0 Å². The monoisotopic (exact) mass is 453 g/mol. The van der Waals surface area contributed by atoms with Crippen LogP contribution in [0.25, 0.3) is 22.3 Å². The summed E-state index contributed by atoms with van der Waals surface area (Å²) in [6.07, 6.45) is 7.62. The first kappa shape index (κ1) is 20.2. The highest BCUT2D eigenvalue weighted by Crippen LogP contribution is 2.47. The van der Waals surface area contributed by atoms with Crippen molar-refractivity contribution in [2.24, 2.45) is 14.1 Å². The lowest BCUT2D eigenvalue weighted by Gasteiger charge is -2.11. The van der Waals surface area contributed by atoms with Gasteiger partial charge in [-0.3, -0.25) is 14.6 Å². The second-order valence-electron chi connectivity index (χ2n) is 8.57. The van der Waals surface area contributed by atoms with Crippen LogP contribution < -0.4 is 10.6 Å². The van der Waals surface area contributed by atoms with E-state index in [2.05, 4.69) is 37.1 Å². The molecule has 3 aromatic heterocycles. The summed E-state index contributed by atoms with van der Waals surface area (Å²) in [4.78, 5) is 17.2. The molecule has 0 atom stereocenters. The summed E-state index contributed by atoms with van der Waals surface area (Å²) in [6.45, 7) is 0. The summed E-state index contributed by atoms with van der Waals surface area (Å²) >= 11 is 0. The van der Waals surface area contributed by atoms with Crippen molar-refractivity contribution in [2.75, 3.05) is 10.6 Å². The normalized spacial score (nSPS) is 13.4. The smallest absolute Gasteiger partial charge is 0.255 e. The van der Waals surface area contributed by atoms with Crippen molar-refractivity contribution in [1.82, 2.24) is 34.7 Å². The Labute approximate surface area is 195 Å². The van der Waals surface area contributed by atoms with Crippen LogP contribution in [0.15, 0.2) is 55.0 Å². The number of hydrogen-bond donors (Lipinski definition) is 3. The van der Waals surface area contributed by atoms with Crippen LogP contribution in [0.1, 0.15) is 34.7 Å². The van der Waals surface area contributed by atoms with Crippen LogP contribution in [0.2, 0.25) is 0 Å². The molecule has 5 aromatic rings. The van der Waals surface area contributed by atoms with Gasteiger partial charge in [0.05, 0.1) is 23.6 Å². The molecule has 34 heavy (non-hydrogen) atoms. The first-order valence-corrected chi connectivity index (χ1v) is 11.1. The van der Waals surface area contributed by atoms with Crippen molar-refractivity contribution >= 4 is 34.1 Å². The number of nitrogens with zero attached hydrogens (tertiary/aromatic N) is 6. The van der Waals surface area contributed by atoms with Gasteiger partial charge in [-0.05, 0) is 48.6 Å². The van der Waals surface area contributed by atoms with Gasteiger partial charge in [0.25, 0.3) is 5.91 Å². The molecule has 1 amide bonds. The molecule has 0 saturated heterocycles. The maximum absolute atomic E-state index is 12.5. The van der Waals surface area contributed by atoms with E-state index in [1.807, 2.05) is 31.4 Å². The number of carbonyl (C=O) groups is 1. The third kappa shape index (κ3) is 3.68. The van der Waals surface area contributed by atoms with E-state index in [-0.39, 0.29) is 5.91 Å². The number of rotatable bonds is 6. The van der Waals surface area contributed by atoms with Crippen LogP contribution in [0.5, 0.6) is 0 Å². The van der Waals surface area contributed by atoms with E-state index in [1.165, 1.54) is 18.4 Å². The standard InChI is InChI=1S/C24H23N9O/c1-32-13-17(11-26-32)27-23(34)16-7-5-15(6-8-16)22-29-24(33(2)31-22)28-20-10-9-19-18(12-25-30-19)21(20)14-3-4-14/h5-14H,3-4H2,1-2H3,(H,25,30)(H,27,34)(H,28,29,31). The second kappa shape index (κ2) is 7.84. The SMILES string of the molecule is Cn1cc(NC(=O)c2ccc(-c3nc(Nc4ccc5[nH]ncc5c4C4CC4)n(C)n3)cc2)cn1. The minimum atomic E-state index is -0.196. The Hall–Kier alpha value is -4.47. The molecule has 0 spiro atoms. The Kier molecular flexibility index (Phi) is 4.65. The number of anilines is 3. The van der Waals surface area contributed by atoms with E-state index in [4.69, 9.17) is 4.98 Å². The van der Waals surface area contributed by atoms with Gasteiger partial charge in [0.15, 0.2) is 5.82 Å². The molecule has 0 radical (unpaired) electrons. The van der Waals surface area contributed by atoms with Crippen molar-refractivity contribution in [2.45, 2.75) is 18.8 Å². The van der Waals surface area contributed by atoms with Crippen LogP contribution in [0.3, 0.4) is 0 Å². The van der Waals surface area contributed by atoms with Crippen LogP contribution in [0.4, 0.5) is 17.3 Å². The second-order valence-corrected chi connectivity index (χ2v) is 8.57. The number of carbonyl (C=O) groups excluding carboxylic acids is 1. The maximum Gasteiger partial charge on any atom is 0.255 e. The highest BCUT2D eigenvalue weighted by Gasteiger charge is 2.29. The molecule has 3 N–H and O–H groups in total. The molecule has 1 aliphatic rings. The van der Waals surface area contributed by atoms with Gasteiger partial charge in [0.1, 0.15) is 0 Å². The fourth-order valence-corrected chi connectivity index (χ4v) is 4.16. The molecular weight excluding hydrogens is 430 g/mol. The highest BCUT2D eigenvalue weighted by atomic mass is 16.1. The third-order valence-electron chi connectivity index (χ3n) is 6.03. The zero-order valence-electron chi connectivity index (χ0n) is 18.8. The first-order chi connectivity index (χ1) is 16.5. The molecule has 6 rings (SSSR count). The number of fused-ring (bicyclic) bond motifs is 1. The van der Waals surface area contributed by atoms with Gasteiger partial charge in [0, 0.05) is 42.5 Å². The molecule has 10 nitrogen and oxygen atoms in total. The fraction of sp³-hybridized carbons (Fsp3) is 0.208. The molecule has 0 unspecified atom stereocenters. The van der Waals surface area contributed by atoms with Crippen molar-refractivity contribution < 1.29 is 4.79 Å². The third-order valence-corrected chi connectivity index (χ3v) is 6.03. The van der Waals surface area contributed by atoms with E-state index in [0.29, 0.717) is 28.9 Å². The van der Waals surface area contributed by atoms with E-state index >= 15 is 0 Å². The van der Waals surface area contributed by atoms with Crippen molar-refractivity contribution in [3.8, 4) is 11.4 Å². The van der Waals surface area contributed by atoms with Gasteiger partial charge in [-0.25, -0.2) is 4.68 Å². The van der Waals surface area contributed by atoms with Crippen molar-refractivity contribution in [1.29, 1.82) is 0 Å². The summed E-state index contributed by atoms with van der Waals surface area (Å²) in [6, 6.07) is 11.3. The van der Waals surface area contributed by atoms with Crippen molar-refractivity contribution in [3.05, 3.63) is 66.1 Å². The quantitative estimate of drug-likeness (QED) is 0.358. The van der Waals surface area contributed by atoms with Gasteiger partial charge in [-0.15, -0.1) is 5.10 Å². The minimum absolute atomic E-state index is 0.196. The predicted octanol–water partition coefficient (Wildman–Crippen LogP) is 3.97.